The van der Waals surface area contributed by atoms with Crippen molar-refractivity contribution in [2.24, 2.45) is 0 Å². The Labute approximate surface area is 247 Å². The van der Waals surface area contributed by atoms with Crippen LogP contribution in [0.2, 0.25) is 0 Å². The molecule has 5 rings (SSSR count). The summed E-state index contributed by atoms with van der Waals surface area (Å²) >= 11 is 0. The number of morpholine rings is 1. The fourth-order valence-corrected chi connectivity index (χ4v) is 6.11. The number of aliphatic hydroxyl groups is 1. The van der Waals surface area contributed by atoms with E-state index in [1.165, 1.54) is 12.1 Å². The molecule has 1 amide bonds. The Morgan fingerprint density at radius 2 is 2.00 bits per heavy atom. The lowest BCUT2D eigenvalue weighted by atomic mass is 10.0. The number of carbonyl (C=O) groups is 1. The van der Waals surface area contributed by atoms with Gasteiger partial charge in [0.25, 0.3) is 0 Å². The minimum absolute atomic E-state index is 0.00901. The van der Waals surface area contributed by atoms with E-state index in [1.807, 2.05) is 19.9 Å². The molecule has 42 heavy (non-hydrogen) atoms. The van der Waals surface area contributed by atoms with Crippen LogP contribution in [0, 0.1) is 5.82 Å². The van der Waals surface area contributed by atoms with Gasteiger partial charge in [-0.3, -0.25) is 14.6 Å². The number of rotatable bonds is 10. The van der Waals surface area contributed by atoms with Crippen LogP contribution in [-0.4, -0.2) is 116 Å². The number of nitrogens with one attached hydrogen (secondary N) is 1. The van der Waals surface area contributed by atoms with Crippen LogP contribution in [0.15, 0.2) is 30.3 Å². The van der Waals surface area contributed by atoms with Crippen molar-refractivity contribution in [3.05, 3.63) is 53.0 Å². The Bertz CT molecular complexity index is 1200. The van der Waals surface area contributed by atoms with Gasteiger partial charge >= 0.3 is 0 Å². The number of hydrogen-bond acceptors (Lipinski definition) is 9. The lowest BCUT2D eigenvalue weighted by Crippen LogP contribution is -2.63. The summed E-state index contributed by atoms with van der Waals surface area (Å²) in [5, 5.41) is 13.7. The third-order valence-electron chi connectivity index (χ3n) is 8.40. The largest absolute Gasteiger partial charge is 0.474 e. The Hall–Kier alpha value is -2.67. The molecule has 1 aromatic heterocycles. The first-order valence-electron chi connectivity index (χ1n) is 15.1. The molecular formula is C31H44FN5O5. The standard InChI is InChI=1S/C31H44FN5O5/c1-4-40-19-27-20-41-10-9-35(27)15-26-13-33-21(2)14-36(26)16-30(39)37-22(3)18-42-31-29(37)12-24(28(17-38)34-31)11-23-5-7-25(32)8-6-23/h5-8,12,21-22,26-27,33,38H,4,9-11,13-20H2,1-3H3/t21-,22+,26-,27-/m1/s1. The maximum Gasteiger partial charge on any atom is 0.241 e. The second-order valence-electron chi connectivity index (χ2n) is 11.6. The second-order valence-corrected chi connectivity index (χ2v) is 11.6. The number of amides is 1. The van der Waals surface area contributed by atoms with E-state index >= 15 is 0 Å². The van der Waals surface area contributed by atoms with E-state index in [0.29, 0.717) is 56.7 Å². The zero-order chi connectivity index (χ0) is 29.6. The monoisotopic (exact) mass is 585 g/mol. The minimum Gasteiger partial charge on any atom is -0.474 e. The van der Waals surface area contributed by atoms with Gasteiger partial charge in [-0.05, 0) is 56.5 Å². The van der Waals surface area contributed by atoms with Crippen molar-refractivity contribution in [2.75, 3.05) is 70.7 Å². The third kappa shape index (κ3) is 7.27. The molecule has 10 nitrogen and oxygen atoms in total. The molecule has 2 fully saturated rings. The molecule has 3 aliphatic heterocycles. The number of carbonyl (C=O) groups excluding carboxylic acids is 1. The van der Waals surface area contributed by atoms with Crippen molar-refractivity contribution < 1.29 is 28.5 Å². The maximum absolute atomic E-state index is 14.1. The SMILES string of the molecule is CCOC[C@@H]1COCCN1C[C@H]1CN[C@H](C)CN1CC(=O)N1c2cc(Cc3ccc(F)cc3)c(CO)nc2OC[C@@H]1C. The fraction of sp³-hybridized carbons (Fsp3) is 0.613. The van der Waals surface area contributed by atoms with Crippen LogP contribution in [0.1, 0.15) is 37.6 Å². The highest BCUT2D eigenvalue weighted by molar-refractivity contribution is 5.97. The van der Waals surface area contributed by atoms with Gasteiger partial charge in [0.05, 0.1) is 50.7 Å². The van der Waals surface area contributed by atoms with Crippen molar-refractivity contribution in [3.63, 3.8) is 0 Å². The highest BCUT2D eigenvalue weighted by Crippen LogP contribution is 2.35. The molecule has 0 aliphatic carbocycles. The molecule has 0 saturated carbocycles. The molecule has 3 aliphatic rings. The molecule has 2 N–H and O–H groups in total. The zero-order valence-corrected chi connectivity index (χ0v) is 24.9. The van der Waals surface area contributed by atoms with E-state index in [2.05, 4.69) is 27.0 Å². The number of pyridine rings is 1. The van der Waals surface area contributed by atoms with Gasteiger partial charge < -0.3 is 29.5 Å². The van der Waals surface area contributed by atoms with E-state index < -0.39 is 0 Å². The van der Waals surface area contributed by atoms with E-state index in [-0.39, 0.29) is 49.0 Å². The molecule has 2 saturated heterocycles. The lowest BCUT2D eigenvalue weighted by Gasteiger charge is -2.45. The van der Waals surface area contributed by atoms with Crippen LogP contribution in [0.25, 0.3) is 0 Å². The number of anilines is 1. The number of aliphatic hydroxyl groups excluding tert-OH is 1. The van der Waals surface area contributed by atoms with Crippen LogP contribution >= 0.6 is 0 Å². The smallest absolute Gasteiger partial charge is 0.241 e. The van der Waals surface area contributed by atoms with Gasteiger partial charge in [-0.2, -0.15) is 0 Å². The van der Waals surface area contributed by atoms with Crippen LogP contribution in [-0.2, 0) is 27.3 Å². The zero-order valence-electron chi connectivity index (χ0n) is 24.9. The summed E-state index contributed by atoms with van der Waals surface area (Å²) in [6, 6.07) is 8.62. The van der Waals surface area contributed by atoms with Gasteiger partial charge in [0.2, 0.25) is 11.8 Å². The molecule has 11 heteroatoms. The molecule has 2 aromatic rings. The lowest BCUT2D eigenvalue weighted by molar-refractivity contribution is -0.122. The van der Waals surface area contributed by atoms with E-state index in [9.17, 15) is 14.3 Å². The summed E-state index contributed by atoms with van der Waals surface area (Å²) in [5.41, 5.74) is 2.76. The molecule has 4 heterocycles. The molecule has 0 radical (unpaired) electrons. The first kappa shape index (κ1) is 30.8. The maximum atomic E-state index is 14.1. The number of ether oxygens (including phenoxy) is 3. The van der Waals surface area contributed by atoms with Crippen LogP contribution in [0.3, 0.4) is 0 Å². The first-order chi connectivity index (χ1) is 20.4. The van der Waals surface area contributed by atoms with Gasteiger partial charge in [0, 0.05) is 44.9 Å². The quantitative estimate of drug-likeness (QED) is 0.433. The summed E-state index contributed by atoms with van der Waals surface area (Å²) in [5.74, 6) is 0.0404. The number of hydrogen-bond donors (Lipinski definition) is 2. The molecule has 0 bridgehead atoms. The van der Waals surface area contributed by atoms with Crippen molar-refractivity contribution in [3.8, 4) is 5.88 Å². The predicted octanol–water partition coefficient (Wildman–Crippen LogP) is 1.82. The Morgan fingerprint density at radius 3 is 2.76 bits per heavy atom. The number of fused-ring (bicyclic) bond motifs is 1. The van der Waals surface area contributed by atoms with Crippen molar-refractivity contribution >= 4 is 11.6 Å². The van der Waals surface area contributed by atoms with E-state index in [4.69, 9.17) is 14.2 Å². The van der Waals surface area contributed by atoms with Crippen molar-refractivity contribution in [1.29, 1.82) is 0 Å². The predicted molar refractivity (Wildman–Crippen MR) is 157 cm³/mol. The number of aromatic nitrogens is 1. The summed E-state index contributed by atoms with van der Waals surface area (Å²) in [6.07, 6.45) is 0.451. The average molecular weight is 586 g/mol. The first-order valence-corrected chi connectivity index (χ1v) is 15.1. The summed E-state index contributed by atoms with van der Waals surface area (Å²) < 4.78 is 30.9. The van der Waals surface area contributed by atoms with Gasteiger partial charge in [-0.15, -0.1) is 0 Å². The minimum atomic E-state index is -0.303. The van der Waals surface area contributed by atoms with Crippen LogP contribution < -0.4 is 15.0 Å². The summed E-state index contributed by atoms with van der Waals surface area (Å²) in [6.45, 7) is 12.4. The summed E-state index contributed by atoms with van der Waals surface area (Å²) in [4.78, 5) is 25.2. The van der Waals surface area contributed by atoms with Crippen molar-refractivity contribution in [1.82, 2.24) is 20.1 Å². The second kappa shape index (κ2) is 14.2. The Morgan fingerprint density at radius 1 is 1.19 bits per heavy atom. The third-order valence-corrected chi connectivity index (χ3v) is 8.40. The molecule has 4 atom stereocenters. The number of halogens is 1. The number of benzene rings is 1. The van der Waals surface area contributed by atoms with E-state index in [0.717, 1.165) is 37.3 Å². The molecular weight excluding hydrogens is 541 g/mol. The molecule has 1 aromatic carbocycles. The number of nitrogens with zero attached hydrogens (tertiary/aromatic N) is 4. The van der Waals surface area contributed by atoms with Gasteiger partial charge in [0.15, 0.2) is 0 Å². The highest BCUT2D eigenvalue weighted by Gasteiger charge is 2.36. The van der Waals surface area contributed by atoms with Gasteiger partial charge in [-0.25, -0.2) is 9.37 Å². The van der Waals surface area contributed by atoms with E-state index in [1.54, 1.807) is 17.0 Å². The average Bonchev–Trinajstić information content (AvgIpc) is 2.98. The normalized spacial score (nSPS) is 25.2. The van der Waals surface area contributed by atoms with Crippen LogP contribution in [0.4, 0.5) is 10.1 Å². The Balaban J connectivity index is 1.35. The van der Waals surface area contributed by atoms with Crippen LogP contribution in [0.5, 0.6) is 5.88 Å². The molecule has 0 unspecified atom stereocenters. The summed E-state index contributed by atoms with van der Waals surface area (Å²) in [7, 11) is 0. The van der Waals surface area contributed by atoms with Crippen molar-refractivity contribution in [2.45, 2.75) is 58.0 Å². The van der Waals surface area contributed by atoms with Gasteiger partial charge in [0.1, 0.15) is 18.1 Å². The molecule has 230 valence electrons. The Kier molecular flexibility index (Phi) is 10.4. The topological polar surface area (TPSA) is 99.6 Å². The molecule has 0 spiro atoms. The van der Waals surface area contributed by atoms with Gasteiger partial charge in [-0.1, -0.05) is 12.1 Å². The number of piperazine rings is 1. The highest BCUT2D eigenvalue weighted by atomic mass is 19.1. The fourth-order valence-electron chi connectivity index (χ4n) is 6.11.